The van der Waals surface area contributed by atoms with Crippen molar-refractivity contribution >= 4 is 5.69 Å². The highest BCUT2D eigenvalue weighted by Gasteiger charge is 1.93. The van der Waals surface area contributed by atoms with Crippen molar-refractivity contribution in [2.45, 2.75) is 26.7 Å². The predicted octanol–water partition coefficient (Wildman–Crippen LogP) is 3.24. The molecule has 0 radical (unpaired) electrons. The number of hydrogen-bond acceptors (Lipinski definition) is 3. The number of unbranched alkanes of at least 4 members (excludes halogenated alkanes) is 1. The van der Waals surface area contributed by atoms with Crippen molar-refractivity contribution in [2.24, 2.45) is 0 Å². The number of nitrogens with one attached hydrogen (secondary N) is 1. The second-order valence-electron chi connectivity index (χ2n) is 4.37. The largest absolute Gasteiger partial charge is 0.383 e. The van der Waals surface area contributed by atoms with E-state index < -0.39 is 0 Å². The van der Waals surface area contributed by atoms with Crippen molar-refractivity contribution in [1.82, 2.24) is 0 Å². The zero-order valence-corrected chi connectivity index (χ0v) is 11.6. The molecule has 0 bridgehead atoms. The molecule has 0 unspecified atom stereocenters. The van der Waals surface area contributed by atoms with Gasteiger partial charge < -0.3 is 14.8 Å². The minimum atomic E-state index is 0.680. The molecule has 0 aromatic heterocycles. The lowest BCUT2D eigenvalue weighted by atomic mass is 10.2. The summed E-state index contributed by atoms with van der Waals surface area (Å²) in [6.45, 7) is 8.03. The van der Waals surface area contributed by atoms with Crippen LogP contribution in [0.3, 0.4) is 0 Å². The maximum atomic E-state index is 5.48. The van der Waals surface area contributed by atoms with E-state index in [1.807, 2.05) is 0 Å². The molecular weight excluding hydrogens is 226 g/mol. The molecule has 1 rings (SSSR count). The third-order valence-corrected chi connectivity index (χ3v) is 2.61. The maximum absolute atomic E-state index is 5.48. The Morgan fingerprint density at radius 1 is 1.06 bits per heavy atom. The molecule has 102 valence electrons. The normalized spacial score (nSPS) is 10.6. The van der Waals surface area contributed by atoms with E-state index in [2.05, 4.69) is 43.4 Å². The zero-order valence-electron chi connectivity index (χ0n) is 11.6. The summed E-state index contributed by atoms with van der Waals surface area (Å²) < 4.78 is 10.9. The summed E-state index contributed by atoms with van der Waals surface area (Å²) in [5.41, 5.74) is 2.42. The molecule has 0 fully saturated rings. The molecule has 0 spiro atoms. The Balaban J connectivity index is 1.92. The van der Waals surface area contributed by atoms with Crippen LogP contribution >= 0.6 is 0 Å². The van der Waals surface area contributed by atoms with Gasteiger partial charge in [-0.2, -0.15) is 0 Å². The molecule has 3 heteroatoms. The van der Waals surface area contributed by atoms with E-state index in [9.17, 15) is 0 Å². The molecule has 18 heavy (non-hydrogen) atoms. The molecule has 0 atom stereocenters. The smallest absolute Gasteiger partial charge is 0.0701 e. The quantitative estimate of drug-likeness (QED) is 0.648. The van der Waals surface area contributed by atoms with Crippen LogP contribution in [0.25, 0.3) is 0 Å². The fraction of sp³-hybridized carbons (Fsp3) is 0.600. The monoisotopic (exact) mass is 251 g/mol. The highest BCUT2D eigenvalue weighted by molar-refractivity contribution is 5.45. The van der Waals surface area contributed by atoms with Gasteiger partial charge in [0.15, 0.2) is 0 Å². The number of aryl methyl sites for hydroxylation is 1. The summed E-state index contributed by atoms with van der Waals surface area (Å²) in [6.07, 6.45) is 2.32. The second-order valence-corrected chi connectivity index (χ2v) is 4.37. The van der Waals surface area contributed by atoms with E-state index in [1.54, 1.807) is 0 Å². The van der Waals surface area contributed by atoms with Crippen LogP contribution < -0.4 is 5.32 Å². The molecule has 0 aliphatic heterocycles. The van der Waals surface area contributed by atoms with Crippen molar-refractivity contribution in [3.05, 3.63) is 29.8 Å². The number of benzene rings is 1. The average molecular weight is 251 g/mol. The molecule has 1 aromatic rings. The van der Waals surface area contributed by atoms with Crippen LogP contribution in [0.4, 0.5) is 5.69 Å². The number of ether oxygens (including phenoxy) is 2. The van der Waals surface area contributed by atoms with Crippen molar-refractivity contribution in [3.63, 3.8) is 0 Å². The van der Waals surface area contributed by atoms with Gasteiger partial charge in [0.25, 0.3) is 0 Å². The van der Waals surface area contributed by atoms with Crippen LogP contribution in [-0.2, 0) is 9.47 Å². The predicted molar refractivity (Wildman–Crippen MR) is 76.2 cm³/mol. The Kier molecular flexibility index (Phi) is 8.26. The second kappa shape index (κ2) is 9.92. The van der Waals surface area contributed by atoms with E-state index in [0.29, 0.717) is 19.8 Å². The summed E-state index contributed by atoms with van der Waals surface area (Å²) in [5, 5.41) is 3.33. The van der Waals surface area contributed by atoms with Crippen molar-refractivity contribution < 1.29 is 9.47 Å². The highest BCUT2D eigenvalue weighted by Crippen LogP contribution is 2.08. The van der Waals surface area contributed by atoms with Crippen molar-refractivity contribution in [2.75, 3.05) is 38.3 Å². The summed E-state index contributed by atoms with van der Waals surface area (Å²) >= 11 is 0. The van der Waals surface area contributed by atoms with E-state index in [-0.39, 0.29) is 0 Å². The van der Waals surface area contributed by atoms with Gasteiger partial charge in [0.2, 0.25) is 0 Å². The lowest BCUT2D eigenvalue weighted by molar-refractivity contribution is 0.0505. The number of anilines is 1. The minimum absolute atomic E-state index is 0.680. The van der Waals surface area contributed by atoms with Gasteiger partial charge in [0.1, 0.15) is 0 Å². The highest BCUT2D eigenvalue weighted by atomic mass is 16.5. The molecule has 0 amide bonds. The summed E-state index contributed by atoms with van der Waals surface area (Å²) in [5.74, 6) is 0. The van der Waals surface area contributed by atoms with Crippen LogP contribution in [0.1, 0.15) is 25.3 Å². The fourth-order valence-corrected chi connectivity index (χ4v) is 1.59. The third-order valence-electron chi connectivity index (χ3n) is 2.61. The lowest BCUT2D eigenvalue weighted by Crippen LogP contribution is -2.12. The third kappa shape index (κ3) is 7.30. The maximum Gasteiger partial charge on any atom is 0.0701 e. The number of hydrogen-bond donors (Lipinski definition) is 1. The Hall–Kier alpha value is -1.06. The van der Waals surface area contributed by atoms with Crippen LogP contribution in [0.15, 0.2) is 24.3 Å². The van der Waals surface area contributed by atoms with Crippen LogP contribution in [0.2, 0.25) is 0 Å². The Morgan fingerprint density at radius 3 is 2.56 bits per heavy atom. The first kappa shape index (κ1) is 15.0. The Bertz CT molecular complexity index is 315. The standard InChI is InChI=1S/C15H25NO2/c1-3-4-9-17-11-12-18-10-8-16-15-7-5-6-14(2)13-15/h5-7,13,16H,3-4,8-12H2,1-2H3. The van der Waals surface area contributed by atoms with Gasteiger partial charge in [0.05, 0.1) is 19.8 Å². The summed E-state index contributed by atoms with van der Waals surface area (Å²) in [7, 11) is 0. The molecule has 0 aliphatic carbocycles. The Morgan fingerprint density at radius 2 is 1.83 bits per heavy atom. The van der Waals surface area contributed by atoms with Gasteiger partial charge in [-0.3, -0.25) is 0 Å². The van der Waals surface area contributed by atoms with Crippen LogP contribution in [-0.4, -0.2) is 33.0 Å². The topological polar surface area (TPSA) is 30.5 Å². The molecule has 0 aliphatic rings. The van der Waals surface area contributed by atoms with Gasteiger partial charge in [-0.1, -0.05) is 25.5 Å². The number of rotatable bonds is 10. The first-order valence-electron chi connectivity index (χ1n) is 6.79. The molecule has 1 aromatic carbocycles. The van der Waals surface area contributed by atoms with E-state index in [0.717, 1.165) is 25.3 Å². The van der Waals surface area contributed by atoms with E-state index in [1.165, 1.54) is 12.0 Å². The molecule has 0 saturated carbocycles. The van der Waals surface area contributed by atoms with Crippen LogP contribution in [0, 0.1) is 6.92 Å². The lowest BCUT2D eigenvalue weighted by Gasteiger charge is -2.08. The summed E-state index contributed by atoms with van der Waals surface area (Å²) in [4.78, 5) is 0. The first-order valence-corrected chi connectivity index (χ1v) is 6.79. The van der Waals surface area contributed by atoms with Gasteiger partial charge >= 0.3 is 0 Å². The molecule has 0 saturated heterocycles. The van der Waals surface area contributed by atoms with E-state index in [4.69, 9.17) is 9.47 Å². The van der Waals surface area contributed by atoms with E-state index >= 15 is 0 Å². The SMILES string of the molecule is CCCCOCCOCCNc1cccc(C)c1. The zero-order chi connectivity index (χ0) is 13.1. The molecule has 3 nitrogen and oxygen atoms in total. The summed E-state index contributed by atoms with van der Waals surface area (Å²) in [6, 6.07) is 8.35. The fourth-order valence-electron chi connectivity index (χ4n) is 1.59. The van der Waals surface area contributed by atoms with Gasteiger partial charge in [0, 0.05) is 18.8 Å². The molecular formula is C15H25NO2. The molecule has 1 N–H and O–H groups in total. The van der Waals surface area contributed by atoms with Gasteiger partial charge in [-0.15, -0.1) is 0 Å². The Labute approximate surface area is 110 Å². The average Bonchev–Trinajstić information content (AvgIpc) is 2.37. The van der Waals surface area contributed by atoms with Gasteiger partial charge in [-0.05, 0) is 31.0 Å². The van der Waals surface area contributed by atoms with Crippen LogP contribution in [0.5, 0.6) is 0 Å². The molecule has 0 heterocycles. The van der Waals surface area contributed by atoms with Crippen molar-refractivity contribution in [3.8, 4) is 0 Å². The van der Waals surface area contributed by atoms with Crippen molar-refractivity contribution in [1.29, 1.82) is 0 Å². The first-order chi connectivity index (χ1) is 8.83. The minimum Gasteiger partial charge on any atom is -0.383 e. The van der Waals surface area contributed by atoms with Gasteiger partial charge in [-0.25, -0.2) is 0 Å².